The minimum Gasteiger partial charge on any atom is -0.400 e. The molecule has 1 saturated heterocycles. The number of halogens is 1. The molecule has 0 aliphatic carbocycles. The SMILES string of the molecule is CN(C)C1CCN(c2ccc3c(c2)Cn2cc(-c4ccc(F)cc4)cc2-c2nccn2-3)C1.CO. The third-order valence-electron chi connectivity index (χ3n) is 6.87. The van der Waals surface area contributed by atoms with Gasteiger partial charge in [0.1, 0.15) is 5.82 Å². The van der Waals surface area contributed by atoms with Gasteiger partial charge in [0, 0.05) is 62.6 Å². The topological polar surface area (TPSA) is 49.5 Å². The molecule has 2 aromatic heterocycles. The molecule has 34 heavy (non-hydrogen) atoms. The van der Waals surface area contributed by atoms with E-state index in [1.807, 2.05) is 24.5 Å². The molecule has 6 nitrogen and oxygen atoms in total. The van der Waals surface area contributed by atoms with Gasteiger partial charge >= 0.3 is 0 Å². The van der Waals surface area contributed by atoms with Gasteiger partial charge in [0.2, 0.25) is 0 Å². The molecule has 4 aromatic rings. The van der Waals surface area contributed by atoms with Gasteiger partial charge in [-0.3, -0.25) is 4.57 Å². The van der Waals surface area contributed by atoms with Crippen LogP contribution in [-0.2, 0) is 6.54 Å². The van der Waals surface area contributed by atoms with Crippen molar-refractivity contribution in [3.05, 3.63) is 78.5 Å². The summed E-state index contributed by atoms with van der Waals surface area (Å²) >= 11 is 0. The van der Waals surface area contributed by atoms with Crippen LogP contribution >= 0.6 is 0 Å². The molecule has 1 unspecified atom stereocenters. The summed E-state index contributed by atoms with van der Waals surface area (Å²) < 4.78 is 17.9. The molecule has 0 saturated carbocycles. The number of anilines is 1. The minimum absolute atomic E-state index is 0.218. The van der Waals surface area contributed by atoms with Gasteiger partial charge in [-0.05, 0) is 68.0 Å². The largest absolute Gasteiger partial charge is 0.400 e. The molecule has 7 heteroatoms. The van der Waals surface area contributed by atoms with E-state index in [-0.39, 0.29) is 5.82 Å². The first-order chi connectivity index (χ1) is 16.6. The Morgan fingerprint density at radius 1 is 1.03 bits per heavy atom. The molecular formula is C27H30FN5O. The Balaban J connectivity index is 0.00000117. The van der Waals surface area contributed by atoms with Crippen molar-refractivity contribution in [2.45, 2.75) is 19.0 Å². The number of fused-ring (bicyclic) bond motifs is 5. The van der Waals surface area contributed by atoms with Crippen molar-refractivity contribution >= 4 is 5.69 Å². The lowest BCUT2D eigenvalue weighted by atomic mass is 10.1. The van der Waals surface area contributed by atoms with Crippen LogP contribution in [0.2, 0.25) is 0 Å². The number of aromatic nitrogens is 3. The number of nitrogens with zero attached hydrogens (tertiary/aromatic N) is 5. The van der Waals surface area contributed by atoms with Crippen LogP contribution in [0.4, 0.5) is 10.1 Å². The van der Waals surface area contributed by atoms with Crippen LogP contribution in [-0.4, -0.2) is 64.5 Å². The Morgan fingerprint density at radius 3 is 2.56 bits per heavy atom. The van der Waals surface area contributed by atoms with E-state index in [9.17, 15) is 4.39 Å². The quantitative estimate of drug-likeness (QED) is 0.438. The zero-order valence-electron chi connectivity index (χ0n) is 19.8. The summed E-state index contributed by atoms with van der Waals surface area (Å²) in [6.07, 6.45) is 7.24. The van der Waals surface area contributed by atoms with Crippen LogP contribution in [0.3, 0.4) is 0 Å². The zero-order chi connectivity index (χ0) is 23.8. The predicted octanol–water partition coefficient (Wildman–Crippen LogP) is 4.26. The summed E-state index contributed by atoms with van der Waals surface area (Å²) in [4.78, 5) is 9.49. The van der Waals surface area contributed by atoms with Crippen LogP contribution in [0, 0.1) is 5.82 Å². The van der Waals surface area contributed by atoms with Gasteiger partial charge in [-0.15, -0.1) is 0 Å². The first-order valence-corrected chi connectivity index (χ1v) is 11.6. The number of imidazole rings is 1. The maximum absolute atomic E-state index is 13.4. The van der Waals surface area contributed by atoms with E-state index in [1.54, 1.807) is 0 Å². The Kier molecular flexibility index (Phi) is 5.98. The molecule has 2 aliphatic heterocycles. The van der Waals surface area contributed by atoms with Crippen LogP contribution in [0.1, 0.15) is 12.0 Å². The number of likely N-dealkylation sites (N-methyl/N-ethyl adjacent to an activating group) is 1. The number of aliphatic hydroxyl groups is 1. The van der Waals surface area contributed by atoms with Crippen molar-refractivity contribution in [2.75, 3.05) is 39.2 Å². The lowest BCUT2D eigenvalue weighted by Gasteiger charge is -2.23. The van der Waals surface area contributed by atoms with Crippen molar-refractivity contribution in [2.24, 2.45) is 0 Å². The number of aliphatic hydroxyl groups excluding tert-OH is 1. The van der Waals surface area contributed by atoms with Gasteiger partial charge in [0.25, 0.3) is 0 Å². The first kappa shape index (κ1) is 22.4. The van der Waals surface area contributed by atoms with Crippen LogP contribution in [0.25, 0.3) is 28.3 Å². The number of benzene rings is 2. The van der Waals surface area contributed by atoms with E-state index in [4.69, 9.17) is 5.11 Å². The molecule has 1 N–H and O–H groups in total. The minimum atomic E-state index is -0.218. The monoisotopic (exact) mass is 459 g/mol. The van der Waals surface area contributed by atoms with E-state index in [2.05, 4.69) is 68.5 Å². The number of hydrogen-bond donors (Lipinski definition) is 1. The summed E-state index contributed by atoms with van der Waals surface area (Å²) in [6.45, 7) is 2.92. The Morgan fingerprint density at radius 2 is 1.82 bits per heavy atom. The highest BCUT2D eigenvalue weighted by atomic mass is 19.1. The van der Waals surface area contributed by atoms with E-state index >= 15 is 0 Å². The van der Waals surface area contributed by atoms with Crippen LogP contribution in [0.5, 0.6) is 0 Å². The molecular weight excluding hydrogens is 429 g/mol. The van der Waals surface area contributed by atoms with Gasteiger partial charge in [-0.2, -0.15) is 0 Å². The lowest BCUT2D eigenvalue weighted by Crippen LogP contribution is -2.31. The fraction of sp³-hybridized carbons (Fsp3) is 0.296. The first-order valence-electron chi connectivity index (χ1n) is 11.6. The molecule has 0 amide bonds. The fourth-order valence-electron chi connectivity index (χ4n) is 5.03. The van der Waals surface area contributed by atoms with Gasteiger partial charge in [0.05, 0.1) is 11.4 Å². The maximum Gasteiger partial charge on any atom is 0.161 e. The summed E-state index contributed by atoms with van der Waals surface area (Å²) in [5, 5.41) is 7.00. The van der Waals surface area contributed by atoms with Crippen molar-refractivity contribution in [1.29, 1.82) is 0 Å². The van der Waals surface area contributed by atoms with E-state index in [0.29, 0.717) is 6.04 Å². The van der Waals surface area contributed by atoms with Crippen LogP contribution < -0.4 is 4.90 Å². The van der Waals surface area contributed by atoms with Crippen LogP contribution in [0.15, 0.2) is 67.1 Å². The third kappa shape index (κ3) is 3.91. The second-order valence-corrected chi connectivity index (χ2v) is 9.03. The van der Waals surface area contributed by atoms with Crippen molar-refractivity contribution < 1.29 is 9.50 Å². The van der Waals surface area contributed by atoms with E-state index < -0.39 is 0 Å². The molecule has 1 fully saturated rings. The molecule has 1 atom stereocenters. The Hall–Kier alpha value is -3.42. The summed E-state index contributed by atoms with van der Waals surface area (Å²) in [7, 11) is 5.33. The lowest BCUT2D eigenvalue weighted by molar-refractivity contribution is 0.315. The standard InChI is InChI=1S/C26H26FN5.CH4O/c1-29(2)23-9-11-30(17-23)22-7-8-24-20(13-22)16-31-15-19(18-3-5-21(27)6-4-18)14-25(31)26-28-10-12-32(24)26;1-2/h3-8,10,12-15,23H,9,11,16-17H2,1-2H3;2H,1H3. The maximum atomic E-state index is 13.4. The average Bonchev–Trinajstić information content (AvgIpc) is 3.60. The zero-order valence-corrected chi connectivity index (χ0v) is 19.8. The Bertz CT molecular complexity index is 1290. The summed E-state index contributed by atoms with van der Waals surface area (Å²) in [5.74, 6) is 0.712. The summed E-state index contributed by atoms with van der Waals surface area (Å²) in [6, 6.07) is 16.2. The van der Waals surface area contributed by atoms with E-state index in [0.717, 1.165) is 49.4 Å². The highest BCUT2D eigenvalue weighted by Crippen LogP contribution is 2.35. The molecule has 0 spiro atoms. The summed E-state index contributed by atoms with van der Waals surface area (Å²) in [5.41, 5.74) is 6.88. The third-order valence-corrected chi connectivity index (χ3v) is 6.87. The van der Waals surface area contributed by atoms with Gasteiger partial charge in [0.15, 0.2) is 5.82 Å². The highest BCUT2D eigenvalue weighted by molar-refractivity contribution is 5.72. The predicted molar refractivity (Wildman–Crippen MR) is 134 cm³/mol. The average molecular weight is 460 g/mol. The molecule has 2 aromatic carbocycles. The molecule has 2 aliphatic rings. The normalized spacial score (nSPS) is 16.4. The highest BCUT2D eigenvalue weighted by Gasteiger charge is 2.26. The molecule has 0 bridgehead atoms. The molecule has 176 valence electrons. The molecule has 6 rings (SSSR count). The van der Waals surface area contributed by atoms with E-state index in [1.165, 1.54) is 35.5 Å². The second-order valence-electron chi connectivity index (χ2n) is 9.03. The van der Waals surface area contributed by atoms with Crippen molar-refractivity contribution in [3.63, 3.8) is 0 Å². The van der Waals surface area contributed by atoms with Gasteiger partial charge in [-0.1, -0.05) is 12.1 Å². The number of rotatable bonds is 3. The smallest absolute Gasteiger partial charge is 0.161 e. The van der Waals surface area contributed by atoms with Crippen molar-refractivity contribution in [1.82, 2.24) is 19.0 Å². The molecule has 4 heterocycles. The fourth-order valence-corrected chi connectivity index (χ4v) is 5.03. The van der Waals surface area contributed by atoms with Gasteiger partial charge in [-0.25, -0.2) is 9.37 Å². The van der Waals surface area contributed by atoms with Gasteiger partial charge < -0.3 is 19.5 Å². The second kappa shape index (κ2) is 9.08. The molecule has 0 radical (unpaired) electrons. The number of hydrogen-bond acceptors (Lipinski definition) is 4. The van der Waals surface area contributed by atoms with Crippen molar-refractivity contribution in [3.8, 4) is 28.3 Å². The Labute approximate surface area is 199 Å².